The Morgan fingerprint density at radius 3 is 2.51 bits per heavy atom. The minimum Gasteiger partial charge on any atom is -0.503 e. The van der Waals surface area contributed by atoms with E-state index in [-0.39, 0.29) is 16.7 Å². The van der Waals surface area contributed by atoms with Crippen molar-refractivity contribution in [3.05, 3.63) is 94.6 Å². The number of carbonyl (C=O) groups is 2. The van der Waals surface area contributed by atoms with Gasteiger partial charge in [0, 0.05) is 0 Å². The van der Waals surface area contributed by atoms with Gasteiger partial charge in [-0.15, -0.1) is 0 Å². The maximum atomic E-state index is 13.4. The highest BCUT2D eigenvalue weighted by Crippen LogP contribution is 2.44. The number of benzene rings is 2. The van der Waals surface area contributed by atoms with Gasteiger partial charge in [-0.05, 0) is 52.8 Å². The van der Waals surface area contributed by atoms with E-state index >= 15 is 0 Å². The first-order chi connectivity index (χ1) is 16.7. The maximum Gasteiger partial charge on any atom is 0.296 e. The summed E-state index contributed by atoms with van der Waals surface area (Å²) >= 11 is 1.37. The van der Waals surface area contributed by atoms with Gasteiger partial charge in [0.2, 0.25) is 5.78 Å². The van der Waals surface area contributed by atoms with Gasteiger partial charge in [0.05, 0.1) is 28.1 Å². The second kappa shape index (κ2) is 8.50. The summed E-state index contributed by atoms with van der Waals surface area (Å²) in [5.41, 5.74) is 3.70. The van der Waals surface area contributed by atoms with E-state index in [1.807, 2.05) is 36.4 Å². The van der Waals surface area contributed by atoms with Crippen LogP contribution in [-0.2, 0) is 16.6 Å². The number of aromatic nitrogens is 1. The zero-order chi connectivity index (χ0) is 24.9. The summed E-state index contributed by atoms with van der Waals surface area (Å²) in [5, 5.41) is 11.4. The number of anilines is 1. The third kappa shape index (κ3) is 3.96. The van der Waals surface area contributed by atoms with Crippen LogP contribution >= 0.6 is 11.3 Å². The van der Waals surface area contributed by atoms with Crippen LogP contribution in [0.25, 0.3) is 10.2 Å². The van der Waals surface area contributed by atoms with E-state index in [0.29, 0.717) is 10.7 Å². The number of ketones is 1. The van der Waals surface area contributed by atoms with E-state index in [9.17, 15) is 14.7 Å². The fraction of sp³-hybridized carbons (Fsp3) is 0.250. The summed E-state index contributed by atoms with van der Waals surface area (Å²) in [6, 6.07) is 16.1. The molecule has 0 aliphatic carbocycles. The second-order valence-electron chi connectivity index (χ2n) is 9.67. The van der Waals surface area contributed by atoms with Gasteiger partial charge >= 0.3 is 0 Å². The number of aryl methyl sites for hydroxylation is 1. The molecule has 35 heavy (non-hydrogen) atoms. The van der Waals surface area contributed by atoms with Crippen molar-refractivity contribution in [3.63, 3.8) is 0 Å². The number of nitrogens with zero attached hydrogens (tertiary/aromatic N) is 2. The van der Waals surface area contributed by atoms with Gasteiger partial charge in [-0.3, -0.25) is 14.5 Å². The third-order valence-corrected chi connectivity index (χ3v) is 7.36. The fourth-order valence-corrected chi connectivity index (χ4v) is 5.39. The Morgan fingerprint density at radius 1 is 1.14 bits per heavy atom. The number of furan rings is 1. The summed E-state index contributed by atoms with van der Waals surface area (Å²) in [7, 11) is 0. The van der Waals surface area contributed by atoms with E-state index in [4.69, 9.17) is 9.40 Å². The van der Waals surface area contributed by atoms with E-state index in [1.165, 1.54) is 34.1 Å². The molecule has 0 fully saturated rings. The van der Waals surface area contributed by atoms with Crippen LogP contribution in [0.4, 0.5) is 5.13 Å². The summed E-state index contributed by atoms with van der Waals surface area (Å²) in [6.45, 7) is 8.45. The molecule has 0 saturated heterocycles. The Bertz CT molecular complexity index is 1460. The maximum absolute atomic E-state index is 13.4. The topological polar surface area (TPSA) is 83.6 Å². The number of hydrogen-bond acceptors (Lipinski definition) is 6. The number of hydrogen-bond donors (Lipinski definition) is 1. The van der Waals surface area contributed by atoms with Crippen molar-refractivity contribution >= 4 is 38.4 Å². The molecule has 3 heterocycles. The zero-order valence-corrected chi connectivity index (χ0v) is 20.8. The SMILES string of the molecule is CCc1ccc2nc(N3C(=O)C(O)=C(C(=O)c4ccco4)[C@H]3c3ccc(C(C)(C)C)cc3)sc2c1. The van der Waals surface area contributed by atoms with Crippen molar-refractivity contribution in [1.29, 1.82) is 0 Å². The minimum absolute atomic E-state index is 0.0121. The molecule has 0 unspecified atom stereocenters. The molecule has 0 saturated carbocycles. The Labute approximate surface area is 207 Å². The molecule has 1 aliphatic rings. The molecule has 6 nitrogen and oxygen atoms in total. The van der Waals surface area contributed by atoms with Crippen LogP contribution in [-0.4, -0.2) is 21.8 Å². The third-order valence-electron chi connectivity index (χ3n) is 6.35. The van der Waals surface area contributed by atoms with Crippen LogP contribution in [0.3, 0.4) is 0 Å². The number of thiazole rings is 1. The molecule has 2 aromatic heterocycles. The van der Waals surface area contributed by atoms with Crippen LogP contribution in [0.2, 0.25) is 0 Å². The van der Waals surface area contributed by atoms with Gasteiger partial charge < -0.3 is 9.52 Å². The predicted molar refractivity (Wildman–Crippen MR) is 137 cm³/mol. The van der Waals surface area contributed by atoms with Gasteiger partial charge in [-0.1, -0.05) is 69.4 Å². The van der Waals surface area contributed by atoms with Gasteiger partial charge in [-0.25, -0.2) is 4.98 Å². The monoisotopic (exact) mass is 486 g/mol. The molecule has 0 radical (unpaired) electrons. The number of Topliss-reactive ketones (excluding diaryl/α,β-unsaturated/α-hetero) is 1. The number of amides is 1. The average Bonchev–Trinajstić information content (AvgIpc) is 3.56. The van der Waals surface area contributed by atoms with Gasteiger partial charge in [0.1, 0.15) is 0 Å². The highest BCUT2D eigenvalue weighted by Gasteiger charge is 2.46. The smallest absolute Gasteiger partial charge is 0.296 e. The lowest BCUT2D eigenvalue weighted by atomic mass is 9.85. The number of rotatable bonds is 5. The lowest BCUT2D eigenvalue weighted by Crippen LogP contribution is -2.31. The van der Waals surface area contributed by atoms with Gasteiger partial charge in [-0.2, -0.15) is 0 Å². The van der Waals surface area contributed by atoms with Gasteiger partial charge in [0.15, 0.2) is 16.7 Å². The molecule has 1 aliphatic heterocycles. The van der Waals surface area contributed by atoms with Crippen LogP contribution in [0.15, 0.2) is 76.6 Å². The molecule has 0 bridgehead atoms. The Kier molecular flexibility index (Phi) is 5.60. The first kappa shape index (κ1) is 23.1. The largest absolute Gasteiger partial charge is 0.503 e. The molecule has 1 amide bonds. The standard InChI is InChI=1S/C28H26N2O4S/c1-5-16-8-13-19-21(15-16)35-27(29-19)30-23(17-9-11-18(12-10-17)28(2,3)4)22(25(32)26(30)33)24(31)20-7-6-14-34-20/h6-15,23,32H,5H2,1-4H3/t23-/m1/s1. The van der Waals surface area contributed by atoms with Crippen LogP contribution in [0, 0.1) is 0 Å². The van der Waals surface area contributed by atoms with E-state index < -0.39 is 23.5 Å². The van der Waals surface area contributed by atoms with Crippen LogP contribution in [0.1, 0.15) is 61.0 Å². The summed E-state index contributed by atoms with van der Waals surface area (Å²) in [5.74, 6) is -1.69. The number of aliphatic hydroxyl groups is 1. The molecular weight excluding hydrogens is 460 g/mol. The Hall–Kier alpha value is -3.71. The highest BCUT2D eigenvalue weighted by molar-refractivity contribution is 7.22. The Morgan fingerprint density at radius 2 is 1.89 bits per heavy atom. The van der Waals surface area contributed by atoms with Gasteiger partial charge in [0.25, 0.3) is 5.91 Å². The lowest BCUT2D eigenvalue weighted by molar-refractivity contribution is -0.117. The van der Waals surface area contributed by atoms with E-state index in [1.54, 1.807) is 6.07 Å². The van der Waals surface area contributed by atoms with Crippen molar-refractivity contribution in [1.82, 2.24) is 4.98 Å². The summed E-state index contributed by atoms with van der Waals surface area (Å²) < 4.78 is 6.26. The van der Waals surface area contributed by atoms with Crippen LogP contribution < -0.4 is 4.90 Å². The predicted octanol–water partition coefficient (Wildman–Crippen LogP) is 6.53. The zero-order valence-electron chi connectivity index (χ0n) is 20.0. The summed E-state index contributed by atoms with van der Waals surface area (Å²) in [6.07, 6.45) is 2.28. The molecule has 5 rings (SSSR count). The molecule has 4 aromatic rings. The molecular formula is C28H26N2O4S. The molecule has 1 N–H and O–H groups in total. The average molecular weight is 487 g/mol. The minimum atomic E-state index is -0.833. The van der Waals surface area contributed by atoms with Crippen LogP contribution in [0.5, 0.6) is 0 Å². The molecule has 178 valence electrons. The molecule has 0 spiro atoms. The second-order valence-corrected chi connectivity index (χ2v) is 10.7. The van der Waals surface area contributed by atoms with Crippen molar-refractivity contribution < 1.29 is 19.1 Å². The van der Waals surface area contributed by atoms with Crippen molar-refractivity contribution in [2.75, 3.05) is 4.90 Å². The first-order valence-corrected chi connectivity index (χ1v) is 12.4. The van der Waals surface area contributed by atoms with E-state index in [0.717, 1.165) is 22.2 Å². The Balaban J connectivity index is 1.66. The lowest BCUT2D eigenvalue weighted by Gasteiger charge is -2.25. The fourth-order valence-electron chi connectivity index (χ4n) is 4.34. The summed E-state index contributed by atoms with van der Waals surface area (Å²) in [4.78, 5) is 32.9. The van der Waals surface area contributed by atoms with Crippen molar-refractivity contribution in [3.8, 4) is 0 Å². The molecule has 7 heteroatoms. The quantitative estimate of drug-likeness (QED) is 0.324. The number of carbonyl (C=O) groups excluding carboxylic acids is 2. The van der Waals surface area contributed by atoms with Crippen molar-refractivity contribution in [2.45, 2.75) is 45.6 Å². The number of fused-ring (bicyclic) bond motifs is 1. The molecule has 1 atom stereocenters. The normalized spacial score (nSPS) is 16.5. The van der Waals surface area contributed by atoms with E-state index in [2.05, 4.69) is 33.8 Å². The van der Waals surface area contributed by atoms with Crippen molar-refractivity contribution in [2.24, 2.45) is 0 Å². The highest BCUT2D eigenvalue weighted by atomic mass is 32.1. The molecule has 2 aromatic carbocycles. The first-order valence-electron chi connectivity index (χ1n) is 11.5. The number of aliphatic hydroxyl groups excluding tert-OH is 1.